The van der Waals surface area contributed by atoms with E-state index in [1.54, 1.807) is 0 Å². The summed E-state index contributed by atoms with van der Waals surface area (Å²) in [5.74, 6) is 1.10. The van der Waals surface area contributed by atoms with Crippen molar-refractivity contribution in [3.05, 3.63) is 23.8 Å². The van der Waals surface area contributed by atoms with Crippen molar-refractivity contribution in [3.63, 3.8) is 0 Å². The zero-order chi connectivity index (χ0) is 15.4. The van der Waals surface area contributed by atoms with Crippen LogP contribution < -0.4 is 10.1 Å². The van der Waals surface area contributed by atoms with E-state index in [0.29, 0.717) is 6.61 Å². The van der Waals surface area contributed by atoms with Crippen LogP contribution in [0.3, 0.4) is 0 Å². The van der Waals surface area contributed by atoms with Gasteiger partial charge in [0.25, 0.3) is 0 Å². The number of likely N-dealkylation sites (tertiary alicyclic amines) is 1. The Kier molecular flexibility index (Phi) is 4.98. The molecular weight excluding hydrogens is 276 g/mol. The van der Waals surface area contributed by atoms with Crippen LogP contribution >= 0.6 is 0 Å². The number of fused-ring (bicyclic) bond motifs is 1. The van der Waals surface area contributed by atoms with Crippen LogP contribution in [0.4, 0.5) is 5.69 Å². The lowest BCUT2D eigenvalue weighted by molar-refractivity contribution is 0.0816. The van der Waals surface area contributed by atoms with Crippen LogP contribution in [0.5, 0.6) is 5.75 Å². The molecule has 1 aromatic carbocycles. The van der Waals surface area contributed by atoms with E-state index in [1.165, 1.54) is 25.7 Å². The molecule has 2 aliphatic heterocycles. The number of benzene rings is 1. The van der Waals surface area contributed by atoms with Gasteiger partial charge in [-0.1, -0.05) is 19.8 Å². The van der Waals surface area contributed by atoms with Crippen molar-refractivity contribution >= 4 is 11.5 Å². The van der Waals surface area contributed by atoms with Crippen molar-refractivity contribution in [3.8, 4) is 5.75 Å². The quantitative estimate of drug-likeness (QED) is 0.866. The molecule has 1 saturated heterocycles. The third kappa shape index (κ3) is 3.27. The maximum atomic E-state index is 13.0. The minimum atomic E-state index is 0.0145. The van der Waals surface area contributed by atoms with Gasteiger partial charge in [0.15, 0.2) is 5.78 Å². The second kappa shape index (κ2) is 7.14. The molecule has 0 radical (unpaired) electrons. The van der Waals surface area contributed by atoms with Crippen molar-refractivity contribution in [2.75, 3.05) is 31.6 Å². The zero-order valence-corrected chi connectivity index (χ0v) is 13.4. The van der Waals surface area contributed by atoms with Gasteiger partial charge in [-0.15, -0.1) is 0 Å². The highest BCUT2D eigenvalue weighted by atomic mass is 16.5. The number of hydrogen-bond acceptors (Lipinski definition) is 4. The Morgan fingerprint density at radius 1 is 1.27 bits per heavy atom. The molecule has 1 N–H and O–H groups in total. The van der Waals surface area contributed by atoms with Crippen LogP contribution in [-0.2, 0) is 0 Å². The number of hydrogen-bond donors (Lipinski definition) is 1. The number of carbonyl (C=O) groups excluding carboxylic acids is 1. The number of anilines is 1. The Hall–Kier alpha value is -1.55. The summed E-state index contributed by atoms with van der Waals surface area (Å²) < 4.78 is 5.59. The lowest BCUT2D eigenvalue weighted by atomic mass is 9.99. The molecule has 0 aliphatic carbocycles. The molecule has 22 heavy (non-hydrogen) atoms. The fraction of sp³-hybridized carbons (Fsp3) is 0.611. The van der Waals surface area contributed by atoms with Crippen molar-refractivity contribution in [2.24, 2.45) is 0 Å². The first kappa shape index (κ1) is 15.3. The lowest BCUT2D eigenvalue weighted by Gasteiger charge is -2.29. The summed E-state index contributed by atoms with van der Waals surface area (Å²) >= 11 is 0. The maximum absolute atomic E-state index is 13.0. The highest BCUT2D eigenvalue weighted by Gasteiger charge is 2.26. The number of ether oxygens (including phenoxy) is 1. The van der Waals surface area contributed by atoms with Crippen molar-refractivity contribution < 1.29 is 9.53 Å². The summed E-state index contributed by atoms with van der Waals surface area (Å²) in [5, 5.41) is 3.31. The van der Waals surface area contributed by atoms with Gasteiger partial charge in [0.1, 0.15) is 12.4 Å². The Bertz CT molecular complexity index is 522. The zero-order valence-electron chi connectivity index (χ0n) is 13.4. The van der Waals surface area contributed by atoms with Gasteiger partial charge in [-0.25, -0.2) is 0 Å². The van der Waals surface area contributed by atoms with E-state index in [-0.39, 0.29) is 11.8 Å². The molecule has 0 aromatic heterocycles. The molecule has 2 heterocycles. The Morgan fingerprint density at radius 3 is 2.77 bits per heavy atom. The molecular formula is C18H26N2O2. The standard InChI is InChI=1S/C18H26N2O2/c1-2-16(20-10-5-3-4-6-11-20)18(21)14-7-8-17-15(13-14)19-9-12-22-17/h7-8,13,16,19H,2-6,9-12H2,1H3. The Labute approximate surface area is 132 Å². The molecule has 3 rings (SSSR count). The number of rotatable bonds is 4. The highest BCUT2D eigenvalue weighted by Crippen LogP contribution is 2.29. The average Bonchev–Trinajstić information content (AvgIpc) is 2.84. The maximum Gasteiger partial charge on any atom is 0.180 e. The summed E-state index contributed by atoms with van der Waals surface area (Å²) in [6, 6.07) is 5.80. The first-order chi connectivity index (χ1) is 10.8. The Balaban J connectivity index is 1.78. The summed E-state index contributed by atoms with van der Waals surface area (Å²) in [4.78, 5) is 15.4. The average molecular weight is 302 g/mol. The fourth-order valence-corrected chi connectivity index (χ4v) is 3.50. The SMILES string of the molecule is CCC(C(=O)c1ccc2c(c1)NCCO2)N1CCCCCC1. The fourth-order valence-electron chi connectivity index (χ4n) is 3.50. The molecule has 1 unspecified atom stereocenters. The lowest BCUT2D eigenvalue weighted by Crippen LogP contribution is -2.41. The van der Waals surface area contributed by atoms with Crippen LogP contribution in [0.15, 0.2) is 18.2 Å². The monoisotopic (exact) mass is 302 g/mol. The predicted molar refractivity (Wildman–Crippen MR) is 88.9 cm³/mol. The normalized spacial score (nSPS) is 20.2. The molecule has 1 atom stereocenters. The van der Waals surface area contributed by atoms with E-state index >= 15 is 0 Å². The van der Waals surface area contributed by atoms with Gasteiger partial charge in [-0.2, -0.15) is 0 Å². The van der Waals surface area contributed by atoms with Crippen LogP contribution in [0.2, 0.25) is 0 Å². The van der Waals surface area contributed by atoms with E-state index in [4.69, 9.17) is 4.74 Å². The first-order valence-electron chi connectivity index (χ1n) is 8.58. The minimum absolute atomic E-state index is 0.0145. The second-order valence-corrected chi connectivity index (χ2v) is 6.22. The van der Waals surface area contributed by atoms with E-state index in [2.05, 4.69) is 17.1 Å². The molecule has 0 saturated carbocycles. The van der Waals surface area contributed by atoms with E-state index in [0.717, 1.165) is 43.1 Å². The third-order valence-corrected chi connectivity index (χ3v) is 4.71. The summed E-state index contributed by atoms with van der Waals surface area (Å²) in [6.45, 7) is 5.71. The Morgan fingerprint density at radius 2 is 2.05 bits per heavy atom. The second-order valence-electron chi connectivity index (χ2n) is 6.22. The molecule has 2 aliphatic rings. The minimum Gasteiger partial charge on any atom is -0.490 e. The smallest absolute Gasteiger partial charge is 0.180 e. The molecule has 0 bridgehead atoms. The van der Waals surface area contributed by atoms with Gasteiger partial charge in [0.2, 0.25) is 0 Å². The van der Waals surface area contributed by atoms with Crippen molar-refractivity contribution in [2.45, 2.75) is 45.1 Å². The van der Waals surface area contributed by atoms with Crippen LogP contribution in [0, 0.1) is 0 Å². The van der Waals surface area contributed by atoms with Crippen LogP contribution in [0.25, 0.3) is 0 Å². The van der Waals surface area contributed by atoms with Gasteiger partial charge in [0.05, 0.1) is 11.7 Å². The molecule has 0 amide bonds. The third-order valence-electron chi connectivity index (χ3n) is 4.71. The summed E-state index contributed by atoms with van der Waals surface area (Å²) in [7, 11) is 0. The highest BCUT2D eigenvalue weighted by molar-refractivity contribution is 6.01. The van der Waals surface area contributed by atoms with Crippen LogP contribution in [-0.4, -0.2) is 43.0 Å². The largest absolute Gasteiger partial charge is 0.490 e. The molecule has 0 spiro atoms. The van der Waals surface area contributed by atoms with Gasteiger partial charge in [-0.05, 0) is 50.6 Å². The van der Waals surface area contributed by atoms with Crippen molar-refractivity contribution in [1.82, 2.24) is 4.90 Å². The topological polar surface area (TPSA) is 41.6 Å². The van der Waals surface area contributed by atoms with E-state index < -0.39 is 0 Å². The van der Waals surface area contributed by atoms with Crippen LogP contribution in [0.1, 0.15) is 49.4 Å². The number of ketones is 1. The number of nitrogens with zero attached hydrogens (tertiary/aromatic N) is 1. The molecule has 1 fully saturated rings. The van der Waals surface area contributed by atoms with Gasteiger partial charge in [0, 0.05) is 12.1 Å². The predicted octanol–water partition coefficient (Wildman–Crippen LogP) is 3.33. The van der Waals surface area contributed by atoms with E-state index in [1.807, 2.05) is 18.2 Å². The van der Waals surface area contributed by atoms with Gasteiger partial charge in [-0.3, -0.25) is 9.69 Å². The van der Waals surface area contributed by atoms with Gasteiger partial charge < -0.3 is 10.1 Å². The number of Topliss-reactive ketones (excluding diaryl/α,β-unsaturated/α-hetero) is 1. The summed E-state index contributed by atoms with van der Waals surface area (Å²) in [5.41, 5.74) is 1.75. The number of nitrogens with one attached hydrogen (secondary N) is 1. The van der Waals surface area contributed by atoms with Gasteiger partial charge >= 0.3 is 0 Å². The first-order valence-corrected chi connectivity index (χ1v) is 8.58. The molecule has 120 valence electrons. The number of carbonyl (C=O) groups is 1. The summed E-state index contributed by atoms with van der Waals surface area (Å²) in [6.07, 6.45) is 5.88. The molecule has 1 aromatic rings. The van der Waals surface area contributed by atoms with Crippen molar-refractivity contribution in [1.29, 1.82) is 0 Å². The van der Waals surface area contributed by atoms with E-state index in [9.17, 15) is 4.79 Å². The molecule has 4 nitrogen and oxygen atoms in total. The molecule has 4 heteroatoms.